The van der Waals surface area contributed by atoms with E-state index in [0.29, 0.717) is 0 Å². The molecule has 0 aliphatic heterocycles. The lowest BCUT2D eigenvalue weighted by Crippen LogP contribution is -2.60. The predicted octanol–water partition coefficient (Wildman–Crippen LogP) is 3.91. The maximum atomic E-state index is 13.2. The average molecular weight is 471 g/mol. The third-order valence-corrected chi connectivity index (χ3v) is 5.01. The Morgan fingerprint density at radius 1 is 1.00 bits per heavy atom. The van der Waals surface area contributed by atoms with Crippen LogP contribution in [0.3, 0.4) is 0 Å². The summed E-state index contributed by atoms with van der Waals surface area (Å²) in [6.45, 7) is 8.75. The van der Waals surface area contributed by atoms with Gasteiger partial charge in [0.15, 0.2) is 6.04 Å². The number of rotatable bonds is 10. The van der Waals surface area contributed by atoms with Crippen LogP contribution in [0.4, 0.5) is 4.79 Å². The van der Waals surface area contributed by atoms with E-state index >= 15 is 0 Å². The number of hydrogen-bond donors (Lipinski definition) is 2. The van der Waals surface area contributed by atoms with Gasteiger partial charge in [-0.2, -0.15) is 0 Å². The van der Waals surface area contributed by atoms with Crippen molar-refractivity contribution >= 4 is 18.0 Å². The van der Waals surface area contributed by atoms with Gasteiger partial charge in [0.1, 0.15) is 11.6 Å². The number of benzene rings is 2. The number of amides is 1. The minimum Gasteiger partial charge on any atom is -0.480 e. The van der Waals surface area contributed by atoms with Crippen molar-refractivity contribution in [1.29, 1.82) is 0 Å². The number of nitrogens with zero attached hydrogens (tertiary/aromatic N) is 1. The van der Waals surface area contributed by atoms with Gasteiger partial charge in [0.25, 0.3) is 0 Å². The van der Waals surface area contributed by atoms with Crippen molar-refractivity contribution in [2.45, 2.75) is 65.1 Å². The fraction of sp³-hybridized carbons (Fsp3) is 0.423. The summed E-state index contributed by atoms with van der Waals surface area (Å²) in [6, 6.07) is 14.2. The summed E-state index contributed by atoms with van der Waals surface area (Å²) in [6.07, 6.45) is -0.650. The smallest absolute Gasteiger partial charge is 0.425 e. The molecule has 0 radical (unpaired) electrons. The van der Waals surface area contributed by atoms with Gasteiger partial charge < -0.3 is 14.6 Å². The van der Waals surface area contributed by atoms with E-state index in [4.69, 9.17) is 9.47 Å². The van der Waals surface area contributed by atoms with Gasteiger partial charge in [-0.05, 0) is 51.3 Å². The molecule has 2 rings (SSSR count). The number of aryl methyl sites for hydroxylation is 1. The molecule has 0 spiro atoms. The molecule has 0 fully saturated rings. The molecule has 0 aliphatic carbocycles. The van der Waals surface area contributed by atoms with Gasteiger partial charge in [0.05, 0.1) is 6.61 Å². The van der Waals surface area contributed by atoms with Gasteiger partial charge in [-0.25, -0.2) is 20.0 Å². The van der Waals surface area contributed by atoms with E-state index in [2.05, 4.69) is 5.43 Å². The van der Waals surface area contributed by atoms with Gasteiger partial charge in [-0.3, -0.25) is 4.79 Å². The van der Waals surface area contributed by atoms with Crippen LogP contribution in [0.5, 0.6) is 0 Å². The van der Waals surface area contributed by atoms with Crippen molar-refractivity contribution in [2.75, 3.05) is 6.61 Å². The highest BCUT2D eigenvalue weighted by molar-refractivity contribution is 5.82. The second-order valence-electron chi connectivity index (χ2n) is 8.96. The normalized spacial score (nSPS) is 13.0. The molecule has 0 bridgehead atoms. The zero-order valence-corrected chi connectivity index (χ0v) is 20.4. The zero-order valence-electron chi connectivity index (χ0n) is 20.4. The highest BCUT2D eigenvalue weighted by Crippen LogP contribution is 2.17. The van der Waals surface area contributed by atoms with Crippen LogP contribution >= 0.6 is 0 Å². The summed E-state index contributed by atoms with van der Waals surface area (Å²) in [5.74, 6) is -1.83. The molecule has 34 heavy (non-hydrogen) atoms. The van der Waals surface area contributed by atoms with Gasteiger partial charge in [-0.1, -0.05) is 54.6 Å². The lowest BCUT2D eigenvalue weighted by Gasteiger charge is -2.34. The Bertz CT molecular complexity index is 971. The Balaban J connectivity index is 2.44. The summed E-state index contributed by atoms with van der Waals surface area (Å²) in [4.78, 5) is 38.4. The second-order valence-corrected chi connectivity index (χ2v) is 8.96. The fourth-order valence-corrected chi connectivity index (χ4v) is 3.35. The number of carboxylic acid groups (broad SMARTS) is 1. The minimum absolute atomic E-state index is 0.0994. The van der Waals surface area contributed by atoms with Crippen LogP contribution < -0.4 is 5.43 Å². The number of esters is 1. The lowest BCUT2D eigenvalue weighted by atomic mass is 10.0. The number of carbonyl (C=O) groups is 3. The van der Waals surface area contributed by atoms with Crippen molar-refractivity contribution < 1.29 is 29.0 Å². The number of carboxylic acids is 1. The SMILES string of the molecule is CCOC(=O)[C@H](Cc1ccccc1)N(N[C@@H](Cc1ccccc1C)C(=O)O)C(=O)OC(C)(C)C. The van der Waals surface area contributed by atoms with Gasteiger partial charge in [0, 0.05) is 12.8 Å². The van der Waals surface area contributed by atoms with E-state index in [9.17, 15) is 19.5 Å². The summed E-state index contributed by atoms with van der Waals surface area (Å²) >= 11 is 0. The van der Waals surface area contributed by atoms with Crippen molar-refractivity contribution in [1.82, 2.24) is 10.4 Å². The molecule has 2 aromatic rings. The minimum atomic E-state index is -1.19. The van der Waals surface area contributed by atoms with E-state index in [0.717, 1.165) is 21.7 Å². The van der Waals surface area contributed by atoms with Crippen LogP contribution in [0.2, 0.25) is 0 Å². The molecule has 0 saturated carbocycles. The summed E-state index contributed by atoms with van der Waals surface area (Å²) < 4.78 is 10.8. The Kier molecular flexibility index (Phi) is 9.62. The number of nitrogens with one attached hydrogen (secondary N) is 1. The highest BCUT2D eigenvalue weighted by Gasteiger charge is 2.37. The second kappa shape index (κ2) is 12.2. The Morgan fingerprint density at radius 2 is 1.62 bits per heavy atom. The standard InChI is InChI=1S/C26H34N2O6/c1-6-33-24(31)22(16-19-13-8-7-9-14-19)28(25(32)34-26(3,4)5)27-21(23(29)30)17-20-15-11-10-12-18(20)2/h7-15,21-22,27H,6,16-17H2,1-5H3,(H,29,30)/t21-,22-/m0/s1. The molecule has 0 heterocycles. The molecule has 2 atom stereocenters. The van der Waals surface area contributed by atoms with E-state index in [1.807, 2.05) is 61.5 Å². The van der Waals surface area contributed by atoms with E-state index < -0.39 is 35.7 Å². The summed E-state index contributed by atoms with van der Waals surface area (Å²) in [7, 11) is 0. The number of hydrazine groups is 1. The molecule has 0 aliphatic rings. The predicted molar refractivity (Wildman–Crippen MR) is 128 cm³/mol. The van der Waals surface area contributed by atoms with Crippen molar-refractivity contribution in [3.8, 4) is 0 Å². The number of aliphatic carboxylic acids is 1. The maximum absolute atomic E-state index is 13.2. The van der Waals surface area contributed by atoms with Crippen LogP contribution in [0, 0.1) is 6.92 Å². The topological polar surface area (TPSA) is 105 Å². The largest absolute Gasteiger partial charge is 0.480 e. The molecule has 8 nitrogen and oxygen atoms in total. The molecule has 8 heteroatoms. The average Bonchev–Trinajstić information content (AvgIpc) is 2.76. The van der Waals surface area contributed by atoms with Crippen LogP contribution in [-0.2, 0) is 31.9 Å². The first-order valence-electron chi connectivity index (χ1n) is 11.3. The zero-order chi connectivity index (χ0) is 25.3. The molecule has 1 amide bonds. The monoisotopic (exact) mass is 470 g/mol. The van der Waals surface area contributed by atoms with E-state index in [-0.39, 0.29) is 19.4 Å². The van der Waals surface area contributed by atoms with Gasteiger partial charge in [0.2, 0.25) is 0 Å². The number of carbonyl (C=O) groups excluding carboxylic acids is 2. The van der Waals surface area contributed by atoms with Crippen LogP contribution in [-0.4, -0.2) is 52.4 Å². The van der Waals surface area contributed by atoms with E-state index in [1.54, 1.807) is 27.7 Å². The molecule has 0 unspecified atom stereocenters. The Labute approximate surface area is 200 Å². The van der Waals surface area contributed by atoms with Crippen molar-refractivity contribution in [3.05, 3.63) is 71.3 Å². The number of hydrogen-bond acceptors (Lipinski definition) is 6. The fourth-order valence-electron chi connectivity index (χ4n) is 3.35. The molecule has 0 aromatic heterocycles. The third kappa shape index (κ3) is 8.19. The first-order chi connectivity index (χ1) is 16.0. The molecule has 184 valence electrons. The van der Waals surface area contributed by atoms with Crippen LogP contribution in [0.15, 0.2) is 54.6 Å². The molecule has 2 N–H and O–H groups in total. The lowest BCUT2D eigenvalue weighted by molar-refractivity contribution is -0.153. The molecule has 0 saturated heterocycles. The Hall–Kier alpha value is -3.39. The number of ether oxygens (including phenoxy) is 2. The first-order valence-corrected chi connectivity index (χ1v) is 11.3. The molecule has 2 aromatic carbocycles. The van der Waals surface area contributed by atoms with Gasteiger partial charge in [-0.15, -0.1) is 0 Å². The molecular weight excluding hydrogens is 436 g/mol. The van der Waals surface area contributed by atoms with E-state index in [1.165, 1.54) is 0 Å². The van der Waals surface area contributed by atoms with Crippen molar-refractivity contribution in [3.63, 3.8) is 0 Å². The maximum Gasteiger partial charge on any atom is 0.425 e. The van der Waals surface area contributed by atoms with Gasteiger partial charge >= 0.3 is 18.0 Å². The first kappa shape index (κ1) is 26.9. The summed E-state index contributed by atoms with van der Waals surface area (Å²) in [5.41, 5.74) is 4.42. The quantitative estimate of drug-likeness (QED) is 0.401. The highest BCUT2D eigenvalue weighted by atomic mass is 16.6. The van der Waals surface area contributed by atoms with Crippen LogP contribution in [0.25, 0.3) is 0 Å². The third-order valence-electron chi connectivity index (χ3n) is 5.01. The molecular formula is C26H34N2O6. The van der Waals surface area contributed by atoms with Crippen LogP contribution in [0.1, 0.15) is 44.4 Å². The Morgan fingerprint density at radius 3 is 2.18 bits per heavy atom. The van der Waals surface area contributed by atoms with Crippen molar-refractivity contribution in [2.24, 2.45) is 0 Å². The summed E-state index contributed by atoms with van der Waals surface area (Å²) in [5, 5.41) is 10.9.